The Hall–Kier alpha value is -2.30. The molecule has 0 bridgehead atoms. The van der Waals surface area contributed by atoms with Crippen molar-refractivity contribution in [1.82, 2.24) is 15.3 Å². The van der Waals surface area contributed by atoms with Gasteiger partial charge in [0, 0.05) is 19.3 Å². The van der Waals surface area contributed by atoms with Crippen LogP contribution < -0.4 is 5.32 Å². The number of rotatable bonds is 6. The van der Waals surface area contributed by atoms with Crippen LogP contribution in [0.4, 0.5) is 0 Å². The fourth-order valence-corrected chi connectivity index (χ4v) is 2.90. The molecule has 7 heteroatoms. The summed E-state index contributed by atoms with van der Waals surface area (Å²) in [6.07, 6.45) is 3.09. The van der Waals surface area contributed by atoms with Gasteiger partial charge in [-0.3, -0.25) is 0 Å². The fraction of sp³-hybridized carbons (Fsp3) is 0.214. The number of nitrogens with one attached hydrogen (secondary N) is 1. The monoisotopic (exact) mass is 302 g/mol. The molecular formula is C14H14N4O2S. The van der Waals surface area contributed by atoms with Crippen molar-refractivity contribution in [2.75, 3.05) is 12.3 Å². The first-order chi connectivity index (χ1) is 10.1. The predicted octanol–water partition coefficient (Wildman–Crippen LogP) is 0.912. The van der Waals surface area contributed by atoms with Gasteiger partial charge in [-0.2, -0.15) is 5.26 Å². The van der Waals surface area contributed by atoms with E-state index >= 15 is 0 Å². The first kappa shape index (κ1) is 15.1. The summed E-state index contributed by atoms with van der Waals surface area (Å²) in [5.74, 6) is -0.00994. The molecule has 2 rings (SSSR count). The Bertz CT molecular complexity index is 722. The zero-order valence-corrected chi connectivity index (χ0v) is 12.0. The van der Waals surface area contributed by atoms with E-state index in [9.17, 15) is 8.42 Å². The Kier molecular flexibility index (Phi) is 4.98. The summed E-state index contributed by atoms with van der Waals surface area (Å²) in [6.45, 7) is 0.817. The summed E-state index contributed by atoms with van der Waals surface area (Å²) in [5.41, 5.74) is 1.25. The SMILES string of the molecule is N#Cc1ccc(S(=O)(=O)CCNCc2ccncn2)cc1. The highest BCUT2D eigenvalue weighted by Crippen LogP contribution is 2.11. The van der Waals surface area contributed by atoms with Gasteiger partial charge in [0.1, 0.15) is 6.33 Å². The zero-order valence-electron chi connectivity index (χ0n) is 11.2. The number of sulfone groups is 1. The van der Waals surface area contributed by atoms with Crippen LogP contribution in [-0.4, -0.2) is 30.7 Å². The van der Waals surface area contributed by atoms with Crippen LogP contribution in [-0.2, 0) is 16.4 Å². The highest BCUT2D eigenvalue weighted by molar-refractivity contribution is 7.91. The van der Waals surface area contributed by atoms with Gasteiger partial charge in [-0.05, 0) is 30.3 Å². The number of hydrogen-bond donors (Lipinski definition) is 1. The molecule has 0 atom stereocenters. The number of nitriles is 1. The zero-order chi connectivity index (χ0) is 15.1. The lowest BCUT2D eigenvalue weighted by Crippen LogP contribution is -2.23. The van der Waals surface area contributed by atoms with E-state index in [-0.39, 0.29) is 10.6 Å². The Morgan fingerprint density at radius 2 is 1.95 bits per heavy atom. The topological polar surface area (TPSA) is 95.7 Å². The second-order valence-electron chi connectivity index (χ2n) is 4.33. The quantitative estimate of drug-likeness (QED) is 0.797. The largest absolute Gasteiger partial charge is 0.310 e. The molecule has 2 aromatic rings. The van der Waals surface area contributed by atoms with E-state index in [0.29, 0.717) is 18.7 Å². The van der Waals surface area contributed by atoms with E-state index in [2.05, 4.69) is 15.3 Å². The van der Waals surface area contributed by atoms with Crippen molar-refractivity contribution in [1.29, 1.82) is 5.26 Å². The molecule has 0 saturated carbocycles. The van der Waals surface area contributed by atoms with Gasteiger partial charge in [0.05, 0.1) is 28.0 Å². The lowest BCUT2D eigenvalue weighted by molar-refractivity contribution is 0.590. The normalized spacial score (nSPS) is 11.0. The molecule has 1 heterocycles. The fourth-order valence-electron chi connectivity index (χ4n) is 1.70. The summed E-state index contributed by atoms with van der Waals surface area (Å²) in [6, 6.07) is 9.64. The van der Waals surface area contributed by atoms with Crippen molar-refractivity contribution in [2.24, 2.45) is 0 Å². The molecule has 108 valence electrons. The maximum atomic E-state index is 12.1. The summed E-state index contributed by atoms with van der Waals surface area (Å²) in [5, 5.41) is 11.7. The maximum Gasteiger partial charge on any atom is 0.179 e. The molecule has 6 nitrogen and oxygen atoms in total. The third kappa shape index (κ3) is 4.34. The lowest BCUT2D eigenvalue weighted by Gasteiger charge is -2.06. The molecule has 0 unspecified atom stereocenters. The van der Waals surface area contributed by atoms with Crippen LogP contribution in [0.3, 0.4) is 0 Å². The number of aromatic nitrogens is 2. The van der Waals surface area contributed by atoms with Gasteiger partial charge in [0.25, 0.3) is 0 Å². The van der Waals surface area contributed by atoms with E-state index in [4.69, 9.17) is 5.26 Å². The van der Waals surface area contributed by atoms with Gasteiger partial charge >= 0.3 is 0 Å². The van der Waals surface area contributed by atoms with E-state index in [1.807, 2.05) is 6.07 Å². The van der Waals surface area contributed by atoms with Crippen LogP contribution in [0, 0.1) is 11.3 Å². The molecule has 1 N–H and O–H groups in total. The third-order valence-corrected chi connectivity index (χ3v) is 4.57. The molecule has 0 aliphatic rings. The van der Waals surface area contributed by atoms with Crippen molar-refractivity contribution < 1.29 is 8.42 Å². The number of benzene rings is 1. The van der Waals surface area contributed by atoms with E-state index in [1.54, 1.807) is 12.3 Å². The Morgan fingerprint density at radius 1 is 1.19 bits per heavy atom. The van der Waals surface area contributed by atoms with Crippen molar-refractivity contribution >= 4 is 9.84 Å². The number of nitrogens with zero attached hydrogens (tertiary/aromatic N) is 3. The molecule has 1 aromatic carbocycles. The molecule has 0 amide bonds. The third-order valence-electron chi connectivity index (χ3n) is 2.84. The van der Waals surface area contributed by atoms with E-state index < -0.39 is 9.84 Å². The summed E-state index contributed by atoms with van der Waals surface area (Å²) >= 11 is 0. The maximum absolute atomic E-state index is 12.1. The van der Waals surface area contributed by atoms with Crippen molar-refractivity contribution in [3.63, 3.8) is 0 Å². The number of hydrogen-bond acceptors (Lipinski definition) is 6. The van der Waals surface area contributed by atoms with Gasteiger partial charge < -0.3 is 5.32 Å². The van der Waals surface area contributed by atoms with Crippen molar-refractivity contribution in [2.45, 2.75) is 11.4 Å². The first-order valence-electron chi connectivity index (χ1n) is 6.30. The minimum Gasteiger partial charge on any atom is -0.310 e. The van der Waals surface area contributed by atoms with Crippen LogP contribution in [0.1, 0.15) is 11.3 Å². The minimum atomic E-state index is -3.34. The highest BCUT2D eigenvalue weighted by atomic mass is 32.2. The Balaban J connectivity index is 1.88. The second kappa shape index (κ2) is 6.92. The molecule has 0 aliphatic heterocycles. The molecule has 0 aliphatic carbocycles. The molecule has 1 aromatic heterocycles. The molecule has 0 fully saturated rings. The Morgan fingerprint density at radius 3 is 2.57 bits per heavy atom. The summed E-state index contributed by atoms with van der Waals surface area (Å²) in [4.78, 5) is 8.07. The van der Waals surface area contributed by atoms with E-state index in [1.165, 1.54) is 30.6 Å². The van der Waals surface area contributed by atoms with E-state index in [0.717, 1.165) is 5.69 Å². The standard InChI is InChI=1S/C14H14N4O2S/c15-9-12-1-3-14(4-2-12)21(19,20)8-7-16-10-13-5-6-17-11-18-13/h1-6,11,16H,7-8,10H2. The van der Waals surface area contributed by atoms with Crippen LogP contribution in [0.5, 0.6) is 0 Å². The molecule has 0 spiro atoms. The highest BCUT2D eigenvalue weighted by Gasteiger charge is 2.13. The molecule has 0 radical (unpaired) electrons. The van der Waals surface area contributed by atoms with Gasteiger partial charge in [-0.25, -0.2) is 18.4 Å². The lowest BCUT2D eigenvalue weighted by atomic mass is 10.2. The first-order valence-corrected chi connectivity index (χ1v) is 7.95. The molecule has 0 saturated heterocycles. The van der Waals surface area contributed by atoms with Gasteiger partial charge in [-0.1, -0.05) is 0 Å². The predicted molar refractivity (Wildman–Crippen MR) is 76.9 cm³/mol. The smallest absolute Gasteiger partial charge is 0.179 e. The van der Waals surface area contributed by atoms with Crippen LogP contribution in [0.2, 0.25) is 0 Å². The van der Waals surface area contributed by atoms with Crippen molar-refractivity contribution in [3.05, 3.63) is 54.1 Å². The second-order valence-corrected chi connectivity index (χ2v) is 6.44. The molecular weight excluding hydrogens is 288 g/mol. The van der Waals surface area contributed by atoms with Gasteiger partial charge in [-0.15, -0.1) is 0 Å². The van der Waals surface area contributed by atoms with Crippen LogP contribution in [0.15, 0.2) is 47.8 Å². The van der Waals surface area contributed by atoms with Crippen molar-refractivity contribution in [3.8, 4) is 6.07 Å². The average molecular weight is 302 g/mol. The Labute approximate surface area is 123 Å². The minimum absolute atomic E-state index is 0.00994. The van der Waals surface area contributed by atoms with Crippen LogP contribution >= 0.6 is 0 Å². The average Bonchev–Trinajstić information content (AvgIpc) is 2.53. The molecule has 21 heavy (non-hydrogen) atoms. The summed E-state index contributed by atoms with van der Waals surface area (Å²) in [7, 11) is -3.34. The van der Waals surface area contributed by atoms with Crippen LogP contribution in [0.25, 0.3) is 0 Å². The van der Waals surface area contributed by atoms with Gasteiger partial charge in [0.15, 0.2) is 9.84 Å². The van der Waals surface area contributed by atoms with Gasteiger partial charge in [0.2, 0.25) is 0 Å². The summed E-state index contributed by atoms with van der Waals surface area (Å²) < 4.78 is 24.2.